The summed E-state index contributed by atoms with van der Waals surface area (Å²) in [4.78, 5) is 19.0. The van der Waals surface area contributed by atoms with Gasteiger partial charge in [0.05, 0.1) is 5.92 Å². The van der Waals surface area contributed by atoms with Crippen LogP contribution in [0.15, 0.2) is 22.9 Å². The van der Waals surface area contributed by atoms with Gasteiger partial charge >= 0.3 is 5.97 Å². The molecule has 2 heterocycles. The van der Waals surface area contributed by atoms with Crippen LogP contribution >= 0.6 is 0 Å². The number of carboxylic acid groups (broad SMARTS) is 1. The van der Waals surface area contributed by atoms with Crippen LogP contribution in [0.1, 0.15) is 18.4 Å². The molecule has 0 fully saturated rings. The van der Waals surface area contributed by atoms with Gasteiger partial charge in [0.25, 0.3) is 0 Å². The Labute approximate surface area is 104 Å². The van der Waals surface area contributed by atoms with E-state index in [1.807, 2.05) is 13.0 Å². The van der Waals surface area contributed by atoms with Crippen LogP contribution in [-0.2, 0) is 11.2 Å². The Morgan fingerprint density at radius 1 is 1.50 bits per heavy atom. The summed E-state index contributed by atoms with van der Waals surface area (Å²) in [5, 5.41) is 12.6. The molecule has 0 bridgehead atoms. The summed E-state index contributed by atoms with van der Waals surface area (Å²) in [6, 6.07) is 3.70. The molecule has 2 rings (SSSR count). The lowest BCUT2D eigenvalue weighted by molar-refractivity contribution is -0.141. The van der Waals surface area contributed by atoms with Crippen LogP contribution in [0.25, 0.3) is 11.5 Å². The predicted molar refractivity (Wildman–Crippen MR) is 62.8 cm³/mol. The molecular weight excluding hydrogens is 234 g/mol. The van der Waals surface area contributed by atoms with Crippen LogP contribution in [-0.4, -0.2) is 26.2 Å². The second-order valence-corrected chi connectivity index (χ2v) is 4.18. The van der Waals surface area contributed by atoms with Crippen molar-refractivity contribution >= 4 is 5.97 Å². The van der Waals surface area contributed by atoms with Crippen molar-refractivity contribution in [3.05, 3.63) is 29.8 Å². The van der Waals surface area contributed by atoms with E-state index in [9.17, 15) is 4.79 Å². The maximum atomic E-state index is 10.7. The van der Waals surface area contributed by atoms with Gasteiger partial charge in [-0.05, 0) is 18.6 Å². The minimum Gasteiger partial charge on any atom is -0.481 e. The average molecular weight is 247 g/mol. The zero-order valence-electron chi connectivity index (χ0n) is 10.1. The lowest BCUT2D eigenvalue weighted by Crippen LogP contribution is -2.12. The Hall–Kier alpha value is -2.24. The highest BCUT2D eigenvalue weighted by atomic mass is 16.5. The second-order valence-electron chi connectivity index (χ2n) is 4.18. The molecule has 0 aliphatic heterocycles. The normalized spacial score (nSPS) is 12.3. The van der Waals surface area contributed by atoms with Crippen molar-refractivity contribution in [2.24, 2.45) is 5.92 Å². The van der Waals surface area contributed by atoms with Crippen molar-refractivity contribution in [1.82, 2.24) is 15.1 Å². The molecule has 2 aromatic heterocycles. The van der Waals surface area contributed by atoms with Crippen molar-refractivity contribution in [2.75, 3.05) is 0 Å². The Kier molecular flexibility index (Phi) is 3.36. The zero-order chi connectivity index (χ0) is 13.1. The molecule has 2 aromatic rings. The fourth-order valence-electron chi connectivity index (χ4n) is 1.39. The molecule has 0 saturated carbocycles. The molecular formula is C12H13N3O3. The van der Waals surface area contributed by atoms with E-state index < -0.39 is 11.9 Å². The van der Waals surface area contributed by atoms with Crippen molar-refractivity contribution in [3.63, 3.8) is 0 Å². The summed E-state index contributed by atoms with van der Waals surface area (Å²) in [6.45, 7) is 3.53. The Balaban J connectivity index is 2.15. The van der Waals surface area contributed by atoms with E-state index in [0.717, 1.165) is 5.56 Å². The molecule has 0 amide bonds. The number of pyridine rings is 1. The molecule has 1 unspecified atom stereocenters. The summed E-state index contributed by atoms with van der Waals surface area (Å²) >= 11 is 0. The van der Waals surface area contributed by atoms with E-state index in [0.29, 0.717) is 17.4 Å². The summed E-state index contributed by atoms with van der Waals surface area (Å²) in [5.41, 5.74) is 1.65. The fourth-order valence-corrected chi connectivity index (χ4v) is 1.39. The van der Waals surface area contributed by atoms with Crippen molar-refractivity contribution in [1.29, 1.82) is 0 Å². The lowest BCUT2D eigenvalue weighted by atomic mass is 10.1. The minimum absolute atomic E-state index is 0.216. The fraction of sp³-hybridized carbons (Fsp3) is 0.333. The standard InChI is InChI=1S/C12H13N3O3/c1-7-3-4-9(13-6-7)11-14-10(18-15-11)5-8(2)12(16)17/h3-4,6,8H,5H2,1-2H3,(H,16,17). The van der Waals surface area contributed by atoms with Crippen LogP contribution in [0.5, 0.6) is 0 Å². The number of hydrogen-bond donors (Lipinski definition) is 1. The molecule has 0 aromatic carbocycles. The Morgan fingerprint density at radius 3 is 2.89 bits per heavy atom. The molecule has 0 spiro atoms. The monoisotopic (exact) mass is 247 g/mol. The van der Waals surface area contributed by atoms with Gasteiger partial charge in [-0.2, -0.15) is 4.98 Å². The van der Waals surface area contributed by atoms with E-state index in [1.54, 1.807) is 19.2 Å². The summed E-state index contributed by atoms with van der Waals surface area (Å²) < 4.78 is 5.01. The quantitative estimate of drug-likeness (QED) is 0.884. The summed E-state index contributed by atoms with van der Waals surface area (Å²) in [5.74, 6) is -0.752. The Bertz CT molecular complexity index is 548. The largest absolute Gasteiger partial charge is 0.481 e. The maximum Gasteiger partial charge on any atom is 0.306 e. The zero-order valence-corrected chi connectivity index (χ0v) is 10.1. The van der Waals surface area contributed by atoms with E-state index in [2.05, 4.69) is 15.1 Å². The first-order valence-electron chi connectivity index (χ1n) is 5.54. The van der Waals surface area contributed by atoms with E-state index in [4.69, 9.17) is 9.63 Å². The van der Waals surface area contributed by atoms with E-state index >= 15 is 0 Å². The van der Waals surface area contributed by atoms with Gasteiger partial charge in [-0.3, -0.25) is 9.78 Å². The van der Waals surface area contributed by atoms with Gasteiger partial charge < -0.3 is 9.63 Å². The minimum atomic E-state index is -0.886. The molecule has 0 aliphatic rings. The van der Waals surface area contributed by atoms with Gasteiger partial charge in [-0.25, -0.2) is 0 Å². The van der Waals surface area contributed by atoms with E-state index in [-0.39, 0.29) is 6.42 Å². The van der Waals surface area contributed by atoms with Crippen LogP contribution in [0, 0.1) is 12.8 Å². The first kappa shape index (κ1) is 12.2. The van der Waals surface area contributed by atoms with Crippen LogP contribution in [0.4, 0.5) is 0 Å². The smallest absolute Gasteiger partial charge is 0.306 e. The van der Waals surface area contributed by atoms with Gasteiger partial charge in [0.15, 0.2) is 0 Å². The molecule has 6 nitrogen and oxygen atoms in total. The third kappa shape index (κ3) is 2.71. The number of carboxylic acids is 1. The van der Waals surface area contributed by atoms with Crippen molar-refractivity contribution in [3.8, 4) is 11.5 Å². The molecule has 1 atom stereocenters. The van der Waals surface area contributed by atoms with Crippen LogP contribution < -0.4 is 0 Å². The van der Waals surface area contributed by atoms with Gasteiger partial charge in [0.1, 0.15) is 5.69 Å². The van der Waals surface area contributed by atoms with Crippen LogP contribution in [0.3, 0.4) is 0 Å². The van der Waals surface area contributed by atoms with Gasteiger partial charge in [-0.15, -0.1) is 0 Å². The number of nitrogens with zero attached hydrogens (tertiary/aromatic N) is 3. The molecule has 94 valence electrons. The number of carbonyl (C=O) groups is 1. The molecule has 6 heteroatoms. The number of aromatic nitrogens is 3. The molecule has 0 radical (unpaired) electrons. The number of aliphatic carboxylic acids is 1. The van der Waals surface area contributed by atoms with Gasteiger partial charge in [-0.1, -0.05) is 18.1 Å². The highest BCUT2D eigenvalue weighted by molar-refractivity contribution is 5.69. The maximum absolute atomic E-state index is 10.7. The molecule has 1 N–H and O–H groups in total. The summed E-state index contributed by atoms with van der Waals surface area (Å²) in [7, 11) is 0. The first-order chi connectivity index (χ1) is 8.56. The number of rotatable bonds is 4. The lowest BCUT2D eigenvalue weighted by Gasteiger charge is -1.99. The van der Waals surface area contributed by atoms with Gasteiger partial charge in [0, 0.05) is 12.6 Å². The van der Waals surface area contributed by atoms with Gasteiger partial charge in [0.2, 0.25) is 11.7 Å². The molecule has 0 saturated heterocycles. The second kappa shape index (κ2) is 4.95. The van der Waals surface area contributed by atoms with Crippen molar-refractivity contribution < 1.29 is 14.4 Å². The topological polar surface area (TPSA) is 89.1 Å². The SMILES string of the molecule is Cc1ccc(-c2noc(CC(C)C(=O)O)n2)nc1. The number of hydrogen-bond acceptors (Lipinski definition) is 5. The number of aryl methyl sites for hydroxylation is 1. The van der Waals surface area contributed by atoms with Crippen molar-refractivity contribution in [2.45, 2.75) is 20.3 Å². The highest BCUT2D eigenvalue weighted by Gasteiger charge is 2.17. The highest BCUT2D eigenvalue weighted by Crippen LogP contribution is 2.15. The average Bonchev–Trinajstić information content (AvgIpc) is 2.78. The van der Waals surface area contributed by atoms with Crippen LogP contribution in [0.2, 0.25) is 0 Å². The first-order valence-corrected chi connectivity index (χ1v) is 5.54. The summed E-state index contributed by atoms with van der Waals surface area (Å²) in [6.07, 6.45) is 1.93. The Morgan fingerprint density at radius 2 is 2.28 bits per heavy atom. The third-order valence-electron chi connectivity index (χ3n) is 2.51. The van der Waals surface area contributed by atoms with E-state index in [1.165, 1.54) is 0 Å². The molecule has 18 heavy (non-hydrogen) atoms. The molecule has 0 aliphatic carbocycles. The third-order valence-corrected chi connectivity index (χ3v) is 2.51. The predicted octanol–water partition coefficient (Wildman–Crippen LogP) is 1.70.